The summed E-state index contributed by atoms with van der Waals surface area (Å²) in [5, 5.41) is 24.1. The van der Waals surface area contributed by atoms with Crippen LogP contribution in [0, 0.1) is 19.3 Å². The van der Waals surface area contributed by atoms with Gasteiger partial charge in [0.05, 0.1) is 18.0 Å². The minimum absolute atomic E-state index is 0.0142. The minimum Gasteiger partial charge on any atom is -0.508 e. The van der Waals surface area contributed by atoms with Gasteiger partial charge in [-0.25, -0.2) is 8.78 Å². The number of phenolic OH excluding ortho intramolecular Hbond substituents is 1. The number of phenols is 1. The first-order chi connectivity index (χ1) is 17.6. The molecule has 3 rings (SSSR count). The highest BCUT2D eigenvalue weighted by Gasteiger charge is 2.72. The van der Waals surface area contributed by atoms with Crippen molar-refractivity contribution in [2.75, 3.05) is 6.54 Å². The summed E-state index contributed by atoms with van der Waals surface area (Å²) >= 11 is 0. The summed E-state index contributed by atoms with van der Waals surface area (Å²) in [5.41, 5.74) is 3.27. The number of nitrogens with zero attached hydrogens (tertiary/aromatic N) is 1. The fourth-order valence-corrected chi connectivity index (χ4v) is 5.45. The number of halogens is 2. The number of aliphatic hydroxyl groups is 1. The van der Waals surface area contributed by atoms with Crippen molar-refractivity contribution in [3.8, 4) is 5.75 Å². The van der Waals surface area contributed by atoms with E-state index in [1.807, 2.05) is 0 Å². The van der Waals surface area contributed by atoms with Crippen molar-refractivity contribution in [3.05, 3.63) is 64.7 Å². The molecule has 1 saturated heterocycles. The molecule has 38 heavy (non-hydrogen) atoms. The van der Waals surface area contributed by atoms with E-state index in [4.69, 9.17) is 5.73 Å². The number of aryl methyl sites for hydroxylation is 1. The van der Waals surface area contributed by atoms with Crippen LogP contribution in [0.1, 0.15) is 54.2 Å². The van der Waals surface area contributed by atoms with Gasteiger partial charge in [0.25, 0.3) is 17.7 Å². The van der Waals surface area contributed by atoms with Crippen LogP contribution in [0.4, 0.5) is 8.78 Å². The van der Waals surface area contributed by atoms with Crippen LogP contribution in [-0.2, 0) is 16.0 Å². The molecule has 3 atom stereocenters. The zero-order chi connectivity index (χ0) is 28.6. The predicted octanol–water partition coefficient (Wildman–Crippen LogP) is 2.85. The Morgan fingerprint density at radius 3 is 2.29 bits per heavy atom. The average Bonchev–Trinajstić information content (AvgIpc) is 3.01. The highest BCUT2D eigenvalue weighted by molar-refractivity contribution is 5.98. The number of alkyl halides is 2. The summed E-state index contributed by atoms with van der Waals surface area (Å²) in [7, 11) is 0. The lowest BCUT2D eigenvalue weighted by molar-refractivity contribution is -0.156. The first-order valence-corrected chi connectivity index (χ1v) is 12.4. The lowest BCUT2D eigenvalue weighted by Crippen LogP contribution is -2.65. The number of hydrogen-bond acceptors (Lipinski definition) is 5. The van der Waals surface area contributed by atoms with Gasteiger partial charge in [-0.3, -0.25) is 14.4 Å². The number of hydrogen-bond donors (Lipinski definition) is 4. The molecule has 0 aliphatic carbocycles. The van der Waals surface area contributed by atoms with E-state index in [1.165, 1.54) is 26.8 Å². The molecule has 0 unspecified atom stereocenters. The SMILES string of the molecule is CC[C@]1(C(N)=O)N(C(=O)[C@@H](O)[C@H](Cc2ccccc2)NC(=O)c2cc(C)cc(O)c2C)CC(F)(F)C1(C)C. The number of aromatic hydroxyl groups is 1. The van der Waals surface area contributed by atoms with Gasteiger partial charge in [-0.1, -0.05) is 51.1 Å². The van der Waals surface area contributed by atoms with Crippen molar-refractivity contribution < 1.29 is 33.4 Å². The van der Waals surface area contributed by atoms with Crippen molar-refractivity contribution in [2.45, 2.75) is 71.1 Å². The normalized spacial score (nSPS) is 21.5. The maximum Gasteiger partial charge on any atom is 0.273 e. The van der Waals surface area contributed by atoms with Crippen LogP contribution >= 0.6 is 0 Å². The molecule has 8 nitrogen and oxygen atoms in total. The van der Waals surface area contributed by atoms with Crippen molar-refractivity contribution in [2.24, 2.45) is 11.1 Å². The molecule has 0 bridgehead atoms. The minimum atomic E-state index is -3.47. The number of benzene rings is 2. The van der Waals surface area contributed by atoms with Crippen LogP contribution in [-0.4, -0.2) is 63.0 Å². The van der Waals surface area contributed by atoms with Gasteiger partial charge < -0.3 is 26.2 Å². The molecule has 1 heterocycles. The van der Waals surface area contributed by atoms with E-state index >= 15 is 8.78 Å². The molecule has 2 aromatic carbocycles. The number of nitrogens with two attached hydrogens (primary N) is 1. The number of primary amides is 1. The van der Waals surface area contributed by atoms with Crippen LogP contribution in [0.3, 0.4) is 0 Å². The third kappa shape index (κ3) is 4.73. The van der Waals surface area contributed by atoms with Crippen LogP contribution in [0.5, 0.6) is 5.75 Å². The number of carbonyl (C=O) groups excluding carboxylic acids is 3. The molecule has 206 valence electrons. The maximum absolute atomic E-state index is 15.2. The molecule has 0 aromatic heterocycles. The summed E-state index contributed by atoms with van der Waals surface area (Å²) in [4.78, 5) is 40.2. The average molecular weight is 532 g/mol. The summed E-state index contributed by atoms with van der Waals surface area (Å²) < 4.78 is 30.3. The number of amides is 3. The highest BCUT2D eigenvalue weighted by Crippen LogP contribution is 2.55. The molecule has 1 aliphatic rings. The Morgan fingerprint density at radius 1 is 1.13 bits per heavy atom. The number of aliphatic hydroxyl groups excluding tert-OH is 1. The molecule has 5 N–H and O–H groups in total. The standard InChI is InChI=1S/C28H35F2N3O5/c1-6-27(25(31)38)26(4,5)28(29,30)15-33(27)24(37)22(35)20(14-18-10-8-7-9-11-18)32-23(36)19-12-16(2)13-21(34)17(19)3/h7-13,20,22,34-35H,6,14-15H2,1-5H3,(H2,31,38)(H,32,36)/t20-,22-,27+/m0/s1. The van der Waals surface area contributed by atoms with E-state index in [0.717, 1.165) is 0 Å². The Morgan fingerprint density at radius 2 is 1.74 bits per heavy atom. The lowest BCUT2D eigenvalue weighted by Gasteiger charge is -2.44. The Labute approximate surface area is 220 Å². The lowest BCUT2D eigenvalue weighted by atomic mass is 9.68. The first-order valence-electron chi connectivity index (χ1n) is 12.4. The third-order valence-corrected chi connectivity index (χ3v) is 7.97. The van der Waals surface area contributed by atoms with E-state index in [0.29, 0.717) is 21.6 Å². The van der Waals surface area contributed by atoms with Gasteiger partial charge in [0, 0.05) is 11.1 Å². The second-order valence-corrected chi connectivity index (χ2v) is 10.5. The number of rotatable bonds is 8. The number of nitrogens with one attached hydrogen (secondary N) is 1. The molecule has 1 fully saturated rings. The van der Waals surface area contributed by atoms with Crippen LogP contribution in [0.25, 0.3) is 0 Å². The van der Waals surface area contributed by atoms with E-state index in [2.05, 4.69) is 5.32 Å². The molecule has 0 radical (unpaired) electrons. The van der Waals surface area contributed by atoms with Crippen LogP contribution < -0.4 is 11.1 Å². The smallest absolute Gasteiger partial charge is 0.273 e. The predicted molar refractivity (Wildman–Crippen MR) is 138 cm³/mol. The van der Waals surface area contributed by atoms with Crippen molar-refractivity contribution in [1.82, 2.24) is 10.2 Å². The molecule has 0 saturated carbocycles. The van der Waals surface area contributed by atoms with Gasteiger partial charge >= 0.3 is 0 Å². The first kappa shape index (κ1) is 29.0. The molecular weight excluding hydrogens is 496 g/mol. The quantitative estimate of drug-likeness (QED) is 0.416. The third-order valence-electron chi connectivity index (χ3n) is 7.97. The molecule has 2 aromatic rings. The molecule has 10 heteroatoms. The second-order valence-electron chi connectivity index (χ2n) is 10.5. The Hall–Kier alpha value is -3.53. The number of carbonyl (C=O) groups is 3. The Balaban J connectivity index is 2.02. The van der Waals surface area contributed by atoms with E-state index in [1.54, 1.807) is 50.2 Å². The fourth-order valence-electron chi connectivity index (χ4n) is 5.45. The largest absolute Gasteiger partial charge is 0.508 e. The van der Waals surface area contributed by atoms with E-state index < -0.39 is 53.3 Å². The van der Waals surface area contributed by atoms with Crippen LogP contribution in [0.2, 0.25) is 0 Å². The summed E-state index contributed by atoms with van der Waals surface area (Å²) in [6.45, 7) is 5.97. The van der Waals surface area contributed by atoms with E-state index in [-0.39, 0.29) is 24.2 Å². The van der Waals surface area contributed by atoms with Crippen molar-refractivity contribution in [1.29, 1.82) is 0 Å². The molecule has 1 aliphatic heterocycles. The van der Waals surface area contributed by atoms with Gasteiger partial charge in [-0.2, -0.15) is 0 Å². The van der Waals surface area contributed by atoms with Gasteiger partial charge in [-0.05, 0) is 49.9 Å². The summed E-state index contributed by atoms with van der Waals surface area (Å²) in [6.07, 6.45) is -2.19. The van der Waals surface area contributed by atoms with Gasteiger partial charge in [0.2, 0.25) is 5.91 Å². The van der Waals surface area contributed by atoms with Gasteiger partial charge in [0.15, 0.2) is 6.10 Å². The zero-order valence-corrected chi connectivity index (χ0v) is 22.2. The summed E-state index contributed by atoms with van der Waals surface area (Å²) in [5.74, 6) is -6.47. The monoisotopic (exact) mass is 531 g/mol. The van der Waals surface area contributed by atoms with Gasteiger partial charge in [0.1, 0.15) is 11.3 Å². The van der Waals surface area contributed by atoms with Crippen LogP contribution in [0.15, 0.2) is 42.5 Å². The van der Waals surface area contributed by atoms with E-state index in [9.17, 15) is 24.6 Å². The van der Waals surface area contributed by atoms with Crippen molar-refractivity contribution >= 4 is 17.7 Å². The molecular formula is C28H35F2N3O5. The second kappa shape index (κ2) is 10.3. The Bertz CT molecular complexity index is 1230. The Kier molecular flexibility index (Phi) is 7.89. The van der Waals surface area contributed by atoms with Crippen molar-refractivity contribution in [3.63, 3.8) is 0 Å². The highest BCUT2D eigenvalue weighted by atomic mass is 19.3. The number of likely N-dealkylation sites (tertiary alicyclic amines) is 1. The summed E-state index contributed by atoms with van der Waals surface area (Å²) in [6, 6.07) is 10.5. The van der Waals surface area contributed by atoms with Gasteiger partial charge in [-0.15, -0.1) is 0 Å². The molecule has 3 amide bonds. The maximum atomic E-state index is 15.2. The fraction of sp³-hybridized carbons (Fsp3) is 0.464. The zero-order valence-electron chi connectivity index (χ0n) is 22.2. The topological polar surface area (TPSA) is 133 Å². The molecule has 0 spiro atoms.